The van der Waals surface area contributed by atoms with E-state index in [1.54, 1.807) is 4.57 Å². The minimum Gasteiger partial charge on any atom is -0.376 e. The van der Waals surface area contributed by atoms with Crippen molar-refractivity contribution >= 4 is 11.3 Å². The molecule has 0 saturated carbocycles. The fraction of sp³-hybridized carbons (Fsp3) is 0.294. The average Bonchev–Trinajstić information content (AvgIpc) is 3.14. The largest absolute Gasteiger partial charge is 0.376 e. The highest BCUT2D eigenvalue weighted by Crippen LogP contribution is 2.26. The van der Waals surface area contributed by atoms with Gasteiger partial charge in [-0.3, -0.25) is 9.36 Å². The van der Waals surface area contributed by atoms with Gasteiger partial charge in [0.15, 0.2) is 0 Å². The number of fused-ring (bicyclic) bond motifs is 1. The second-order valence-corrected chi connectivity index (χ2v) is 6.44. The van der Waals surface area contributed by atoms with Crippen LogP contribution in [0.2, 0.25) is 0 Å². The van der Waals surface area contributed by atoms with Gasteiger partial charge in [0.25, 0.3) is 0 Å². The highest BCUT2D eigenvalue weighted by Gasteiger charge is 2.21. The maximum atomic E-state index is 12.3. The zero-order chi connectivity index (χ0) is 15.8. The molecule has 1 aromatic carbocycles. The minimum atomic E-state index is 0.0109. The van der Waals surface area contributed by atoms with Gasteiger partial charge in [0.1, 0.15) is 11.5 Å². The fourth-order valence-corrected chi connectivity index (χ4v) is 3.66. The predicted octanol–water partition coefficient (Wildman–Crippen LogP) is 2.99. The molecule has 2 aromatic heterocycles. The first kappa shape index (κ1) is 14.4. The molecule has 6 heteroatoms. The molecule has 3 aromatic rings. The summed E-state index contributed by atoms with van der Waals surface area (Å²) in [7, 11) is 0. The van der Waals surface area contributed by atoms with Gasteiger partial charge in [-0.15, -0.1) is 0 Å². The highest BCUT2D eigenvalue weighted by molar-refractivity contribution is 7.07. The molecular formula is C17H16N2O3S. The van der Waals surface area contributed by atoms with E-state index in [0.29, 0.717) is 19.8 Å². The van der Waals surface area contributed by atoms with Crippen LogP contribution in [0, 0.1) is 6.92 Å². The van der Waals surface area contributed by atoms with Crippen LogP contribution in [0.25, 0.3) is 11.3 Å². The Balaban J connectivity index is 1.76. The Morgan fingerprint density at radius 2 is 2.22 bits per heavy atom. The van der Waals surface area contributed by atoms with Crippen LogP contribution in [-0.2, 0) is 24.3 Å². The van der Waals surface area contributed by atoms with Gasteiger partial charge in [0, 0.05) is 22.9 Å². The normalized spacial score (nSPS) is 14.0. The molecule has 0 spiro atoms. The van der Waals surface area contributed by atoms with Crippen LogP contribution in [0.4, 0.5) is 0 Å². The lowest BCUT2D eigenvalue weighted by Gasteiger charge is -2.12. The summed E-state index contributed by atoms with van der Waals surface area (Å²) in [5.74, 6) is 0.881. The summed E-state index contributed by atoms with van der Waals surface area (Å²) < 4.78 is 12.7. The molecule has 1 aliphatic heterocycles. The summed E-state index contributed by atoms with van der Waals surface area (Å²) in [6.45, 7) is 3.63. The van der Waals surface area contributed by atoms with E-state index in [1.165, 1.54) is 11.3 Å². The minimum absolute atomic E-state index is 0.0109. The van der Waals surface area contributed by atoms with Crippen LogP contribution < -0.4 is 4.87 Å². The molecular weight excluding hydrogens is 312 g/mol. The molecule has 0 aliphatic carbocycles. The molecule has 1 aliphatic rings. The first-order valence-corrected chi connectivity index (χ1v) is 8.40. The molecule has 3 heterocycles. The summed E-state index contributed by atoms with van der Waals surface area (Å²) in [5.41, 5.74) is 4.91. The molecule has 0 radical (unpaired) electrons. The van der Waals surface area contributed by atoms with Gasteiger partial charge >= 0.3 is 4.87 Å². The molecule has 5 nitrogen and oxygen atoms in total. The standard InChI is InChI=1S/C17H16N2O3S/c1-11-4-2-3-5-12(11)15-10-23-17(20)19(15)8-14-13-9-21-7-6-16(13)22-18-14/h2-5,10H,6-9H2,1H3. The number of thiazole rings is 1. The number of ether oxygens (including phenoxy) is 1. The SMILES string of the molecule is Cc1ccccc1-c1csc(=O)n1Cc1noc2c1COCC2. The second-order valence-electron chi connectivity index (χ2n) is 5.62. The van der Waals surface area contributed by atoms with Crippen LogP contribution in [0.3, 0.4) is 0 Å². The molecule has 0 amide bonds. The predicted molar refractivity (Wildman–Crippen MR) is 87.7 cm³/mol. The third kappa shape index (κ3) is 2.54. The van der Waals surface area contributed by atoms with Gasteiger partial charge in [-0.1, -0.05) is 40.8 Å². The zero-order valence-corrected chi connectivity index (χ0v) is 13.6. The first-order chi connectivity index (χ1) is 11.2. The summed E-state index contributed by atoms with van der Waals surface area (Å²) >= 11 is 1.21. The topological polar surface area (TPSA) is 57.3 Å². The van der Waals surface area contributed by atoms with E-state index in [4.69, 9.17) is 9.26 Å². The summed E-state index contributed by atoms with van der Waals surface area (Å²) in [6.07, 6.45) is 0.742. The third-order valence-corrected chi connectivity index (χ3v) is 4.95. The van der Waals surface area contributed by atoms with Crippen LogP contribution in [0.15, 0.2) is 39.0 Å². The first-order valence-electron chi connectivity index (χ1n) is 7.52. The number of rotatable bonds is 3. The van der Waals surface area contributed by atoms with E-state index in [9.17, 15) is 4.79 Å². The Morgan fingerprint density at radius 3 is 3.09 bits per heavy atom. The fourth-order valence-electron chi connectivity index (χ4n) is 2.91. The Kier molecular flexibility index (Phi) is 3.63. The van der Waals surface area contributed by atoms with Crippen molar-refractivity contribution in [3.8, 4) is 11.3 Å². The van der Waals surface area contributed by atoms with Gasteiger partial charge in [-0.2, -0.15) is 0 Å². The number of hydrogen-bond donors (Lipinski definition) is 0. The maximum absolute atomic E-state index is 12.3. The van der Waals surface area contributed by atoms with Gasteiger partial charge in [0.2, 0.25) is 0 Å². The van der Waals surface area contributed by atoms with E-state index in [-0.39, 0.29) is 4.87 Å². The number of hydrogen-bond acceptors (Lipinski definition) is 5. The van der Waals surface area contributed by atoms with Crippen LogP contribution in [0.5, 0.6) is 0 Å². The molecule has 0 atom stereocenters. The smallest absolute Gasteiger partial charge is 0.307 e. The quantitative estimate of drug-likeness (QED) is 0.742. The average molecular weight is 328 g/mol. The monoisotopic (exact) mass is 328 g/mol. The molecule has 0 unspecified atom stereocenters. The van der Waals surface area contributed by atoms with E-state index in [0.717, 1.165) is 40.3 Å². The lowest BCUT2D eigenvalue weighted by molar-refractivity contribution is 0.102. The number of benzene rings is 1. The van der Waals surface area contributed by atoms with E-state index >= 15 is 0 Å². The van der Waals surface area contributed by atoms with E-state index < -0.39 is 0 Å². The number of nitrogens with zero attached hydrogens (tertiary/aromatic N) is 2. The summed E-state index contributed by atoms with van der Waals surface area (Å²) in [5, 5.41) is 6.07. The maximum Gasteiger partial charge on any atom is 0.307 e. The van der Waals surface area contributed by atoms with E-state index in [2.05, 4.69) is 5.16 Å². The Labute approximate surface area is 137 Å². The molecule has 0 fully saturated rings. The molecule has 0 bridgehead atoms. The van der Waals surface area contributed by atoms with Crippen molar-refractivity contribution in [1.82, 2.24) is 9.72 Å². The number of aromatic nitrogens is 2. The Bertz CT molecular complexity index is 907. The van der Waals surface area contributed by atoms with Crippen LogP contribution in [0.1, 0.15) is 22.6 Å². The van der Waals surface area contributed by atoms with Gasteiger partial charge in [-0.25, -0.2) is 0 Å². The second kappa shape index (κ2) is 5.79. The van der Waals surface area contributed by atoms with Crippen molar-refractivity contribution in [2.45, 2.75) is 26.5 Å². The Morgan fingerprint density at radius 1 is 1.35 bits per heavy atom. The third-order valence-electron chi connectivity index (χ3n) is 4.18. The molecule has 0 saturated heterocycles. The summed E-state index contributed by atoms with van der Waals surface area (Å²) in [6, 6.07) is 8.07. The van der Waals surface area contributed by atoms with Gasteiger partial charge in [0.05, 0.1) is 25.5 Å². The number of aryl methyl sites for hydroxylation is 1. The van der Waals surface area contributed by atoms with Gasteiger partial charge < -0.3 is 9.26 Å². The van der Waals surface area contributed by atoms with Crippen molar-refractivity contribution in [3.63, 3.8) is 0 Å². The van der Waals surface area contributed by atoms with Crippen molar-refractivity contribution in [3.05, 3.63) is 61.9 Å². The molecule has 4 rings (SSSR count). The highest BCUT2D eigenvalue weighted by atomic mass is 32.1. The molecule has 118 valence electrons. The van der Waals surface area contributed by atoms with Crippen LogP contribution >= 0.6 is 11.3 Å². The molecule has 0 N–H and O–H groups in total. The Hall–Kier alpha value is -2.18. The zero-order valence-electron chi connectivity index (χ0n) is 12.7. The van der Waals surface area contributed by atoms with Crippen molar-refractivity contribution < 1.29 is 9.26 Å². The van der Waals surface area contributed by atoms with Crippen LogP contribution in [-0.4, -0.2) is 16.3 Å². The lowest BCUT2D eigenvalue weighted by atomic mass is 10.1. The van der Waals surface area contributed by atoms with Crippen molar-refractivity contribution in [1.29, 1.82) is 0 Å². The summed E-state index contributed by atoms with van der Waals surface area (Å²) in [4.78, 5) is 12.3. The van der Waals surface area contributed by atoms with E-state index in [1.807, 2.05) is 36.6 Å². The lowest BCUT2D eigenvalue weighted by Crippen LogP contribution is -2.17. The van der Waals surface area contributed by atoms with Crippen molar-refractivity contribution in [2.24, 2.45) is 0 Å². The van der Waals surface area contributed by atoms with Gasteiger partial charge in [-0.05, 0) is 12.5 Å². The molecule has 23 heavy (non-hydrogen) atoms. The van der Waals surface area contributed by atoms with Crippen molar-refractivity contribution in [2.75, 3.05) is 6.61 Å².